The minimum Gasteiger partial charge on any atom is -0.399 e. The molecule has 0 radical (unpaired) electrons. The summed E-state index contributed by atoms with van der Waals surface area (Å²) >= 11 is 0. The van der Waals surface area contributed by atoms with Crippen LogP contribution in [0, 0.1) is 0 Å². The molecule has 0 atom stereocenters. The van der Waals surface area contributed by atoms with Crippen molar-refractivity contribution in [2.75, 3.05) is 17.6 Å². The van der Waals surface area contributed by atoms with Gasteiger partial charge in [-0.05, 0) is 24.6 Å². The van der Waals surface area contributed by atoms with Gasteiger partial charge in [0.2, 0.25) is 5.95 Å². The number of fused-ring (bicyclic) bond motifs is 1. The molecule has 0 saturated heterocycles. The number of hydrogen-bond acceptors (Lipinski definition) is 3. The number of H-pyrrole nitrogens is 1. The molecular weight excluding hydrogens is 200 g/mol. The van der Waals surface area contributed by atoms with Gasteiger partial charge in [-0.1, -0.05) is 19.8 Å². The Morgan fingerprint density at radius 1 is 1.38 bits per heavy atom. The quantitative estimate of drug-likeness (QED) is 0.534. The number of aromatic nitrogens is 2. The lowest BCUT2D eigenvalue weighted by molar-refractivity contribution is 0.741. The first kappa shape index (κ1) is 10.8. The van der Waals surface area contributed by atoms with Gasteiger partial charge >= 0.3 is 0 Å². The summed E-state index contributed by atoms with van der Waals surface area (Å²) in [5, 5.41) is 3.28. The van der Waals surface area contributed by atoms with Crippen molar-refractivity contribution < 1.29 is 0 Å². The Hall–Kier alpha value is -1.71. The molecule has 1 aromatic carbocycles. The highest BCUT2D eigenvalue weighted by Gasteiger charge is 2.01. The summed E-state index contributed by atoms with van der Waals surface area (Å²) in [5.41, 5.74) is 8.40. The van der Waals surface area contributed by atoms with E-state index in [1.54, 1.807) is 0 Å². The van der Waals surface area contributed by atoms with Gasteiger partial charge in [0, 0.05) is 12.2 Å². The third kappa shape index (κ3) is 2.45. The molecule has 16 heavy (non-hydrogen) atoms. The van der Waals surface area contributed by atoms with Gasteiger partial charge in [0.25, 0.3) is 0 Å². The van der Waals surface area contributed by atoms with Crippen LogP contribution in [0.4, 0.5) is 11.6 Å². The Morgan fingerprint density at radius 2 is 2.25 bits per heavy atom. The number of unbranched alkanes of at least 4 members (excludes halogenated alkanes) is 2. The highest BCUT2D eigenvalue weighted by atomic mass is 15.1. The van der Waals surface area contributed by atoms with Crippen LogP contribution in [0.25, 0.3) is 11.0 Å². The number of anilines is 2. The van der Waals surface area contributed by atoms with Gasteiger partial charge in [-0.15, -0.1) is 0 Å². The maximum Gasteiger partial charge on any atom is 0.201 e. The molecule has 2 rings (SSSR count). The molecule has 0 unspecified atom stereocenters. The molecule has 0 aliphatic rings. The van der Waals surface area contributed by atoms with Crippen LogP contribution in [0.2, 0.25) is 0 Å². The largest absolute Gasteiger partial charge is 0.399 e. The molecule has 1 heterocycles. The maximum absolute atomic E-state index is 5.70. The smallest absolute Gasteiger partial charge is 0.201 e. The monoisotopic (exact) mass is 218 g/mol. The minimum absolute atomic E-state index is 0.758. The standard InChI is InChI=1S/C12H18N4/c1-2-3-4-7-14-12-15-10-6-5-9(13)8-11(10)16-12/h5-6,8H,2-4,7,13H2,1H3,(H2,14,15,16). The van der Waals surface area contributed by atoms with Crippen molar-refractivity contribution in [3.05, 3.63) is 18.2 Å². The molecule has 0 aliphatic carbocycles. The third-order valence-electron chi connectivity index (χ3n) is 2.58. The summed E-state index contributed by atoms with van der Waals surface area (Å²) in [4.78, 5) is 7.64. The number of nitrogens with one attached hydrogen (secondary N) is 2. The Morgan fingerprint density at radius 3 is 3.06 bits per heavy atom. The SMILES string of the molecule is CCCCCNc1nc2ccc(N)cc2[nH]1. The number of hydrogen-bond donors (Lipinski definition) is 3. The summed E-state index contributed by atoms with van der Waals surface area (Å²) in [6.07, 6.45) is 3.66. The van der Waals surface area contributed by atoms with Crippen molar-refractivity contribution in [1.29, 1.82) is 0 Å². The van der Waals surface area contributed by atoms with E-state index < -0.39 is 0 Å². The van der Waals surface area contributed by atoms with Gasteiger partial charge in [-0.3, -0.25) is 0 Å². The van der Waals surface area contributed by atoms with Crippen molar-refractivity contribution in [2.24, 2.45) is 0 Å². The van der Waals surface area contributed by atoms with E-state index >= 15 is 0 Å². The molecule has 4 N–H and O–H groups in total. The second kappa shape index (κ2) is 4.88. The molecule has 4 nitrogen and oxygen atoms in total. The van der Waals surface area contributed by atoms with Gasteiger partial charge in [0.15, 0.2) is 0 Å². The Labute approximate surface area is 95.3 Å². The van der Waals surface area contributed by atoms with Gasteiger partial charge in [0.1, 0.15) is 0 Å². The zero-order valence-electron chi connectivity index (χ0n) is 9.59. The van der Waals surface area contributed by atoms with Crippen LogP contribution >= 0.6 is 0 Å². The number of nitrogens with zero attached hydrogens (tertiary/aromatic N) is 1. The second-order valence-corrected chi connectivity index (χ2v) is 4.00. The predicted octanol–water partition coefficient (Wildman–Crippen LogP) is 2.75. The predicted molar refractivity (Wildman–Crippen MR) is 68.5 cm³/mol. The van der Waals surface area contributed by atoms with E-state index in [-0.39, 0.29) is 0 Å². The maximum atomic E-state index is 5.70. The van der Waals surface area contributed by atoms with Crippen molar-refractivity contribution in [3.8, 4) is 0 Å². The van der Waals surface area contributed by atoms with Crippen molar-refractivity contribution in [1.82, 2.24) is 9.97 Å². The van der Waals surface area contributed by atoms with Crippen LogP contribution in [-0.4, -0.2) is 16.5 Å². The topological polar surface area (TPSA) is 66.7 Å². The number of nitrogens with two attached hydrogens (primary N) is 1. The molecule has 0 aliphatic heterocycles. The number of aromatic amines is 1. The fourth-order valence-corrected chi connectivity index (χ4v) is 1.69. The summed E-state index contributed by atoms with van der Waals surface area (Å²) in [6, 6.07) is 5.70. The lowest BCUT2D eigenvalue weighted by Crippen LogP contribution is -2.02. The molecular formula is C12H18N4. The van der Waals surface area contributed by atoms with E-state index in [1.165, 1.54) is 19.3 Å². The van der Waals surface area contributed by atoms with Crippen molar-refractivity contribution in [3.63, 3.8) is 0 Å². The summed E-state index contributed by atoms with van der Waals surface area (Å²) in [6.45, 7) is 3.16. The van der Waals surface area contributed by atoms with Crippen LogP contribution in [0.3, 0.4) is 0 Å². The zero-order chi connectivity index (χ0) is 11.4. The zero-order valence-corrected chi connectivity index (χ0v) is 9.59. The molecule has 1 aromatic heterocycles. The summed E-state index contributed by atoms with van der Waals surface area (Å²) in [5.74, 6) is 0.830. The first-order chi connectivity index (χ1) is 7.79. The number of imidazole rings is 1. The molecule has 0 fully saturated rings. The average Bonchev–Trinajstić information content (AvgIpc) is 2.66. The number of nitrogen functional groups attached to an aromatic ring is 1. The van der Waals surface area contributed by atoms with Crippen LogP contribution < -0.4 is 11.1 Å². The van der Waals surface area contributed by atoms with Crippen molar-refractivity contribution >= 4 is 22.7 Å². The fraction of sp³-hybridized carbons (Fsp3) is 0.417. The van der Waals surface area contributed by atoms with Crippen LogP contribution in [-0.2, 0) is 0 Å². The van der Waals surface area contributed by atoms with Crippen LogP contribution in [0.1, 0.15) is 26.2 Å². The molecule has 0 bridgehead atoms. The molecule has 0 saturated carbocycles. The van der Waals surface area contributed by atoms with Crippen LogP contribution in [0.15, 0.2) is 18.2 Å². The Kier molecular flexibility index (Phi) is 3.29. The van der Waals surface area contributed by atoms with Gasteiger partial charge in [-0.2, -0.15) is 0 Å². The first-order valence-corrected chi connectivity index (χ1v) is 5.78. The summed E-state index contributed by atoms with van der Waals surface area (Å²) in [7, 11) is 0. The molecule has 86 valence electrons. The molecule has 2 aromatic rings. The van der Waals surface area contributed by atoms with Crippen molar-refractivity contribution in [2.45, 2.75) is 26.2 Å². The van der Waals surface area contributed by atoms with Gasteiger partial charge in [-0.25, -0.2) is 4.98 Å². The number of benzene rings is 1. The minimum atomic E-state index is 0.758. The normalized spacial score (nSPS) is 10.8. The highest BCUT2D eigenvalue weighted by molar-refractivity contribution is 5.80. The van der Waals surface area contributed by atoms with E-state index in [0.29, 0.717) is 0 Å². The van der Waals surface area contributed by atoms with E-state index in [0.717, 1.165) is 29.2 Å². The second-order valence-electron chi connectivity index (χ2n) is 4.00. The van der Waals surface area contributed by atoms with Gasteiger partial charge < -0.3 is 16.0 Å². The van der Waals surface area contributed by atoms with E-state index in [9.17, 15) is 0 Å². The molecule has 0 amide bonds. The lowest BCUT2D eigenvalue weighted by atomic mass is 10.2. The number of rotatable bonds is 5. The summed E-state index contributed by atoms with van der Waals surface area (Å²) < 4.78 is 0. The highest BCUT2D eigenvalue weighted by Crippen LogP contribution is 2.16. The Bertz CT molecular complexity index is 461. The van der Waals surface area contributed by atoms with E-state index in [4.69, 9.17) is 5.73 Å². The first-order valence-electron chi connectivity index (χ1n) is 5.78. The molecule has 4 heteroatoms. The van der Waals surface area contributed by atoms with Crippen LogP contribution in [0.5, 0.6) is 0 Å². The molecule has 0 spiro atoms. The fourth-order valence-electron chi connectivity index (χ4n) is 1.69. The van der Waals surface area contributed by atoms with Gasteiger partial charge in [0.05, 0.1) is 11.0 Å². The lowest BCUT2D eigenvalue weighted by Gasteiger charge is -2.00. The van der Waals surface area contributed by atoms with E-state index in [1.807, 2.05) is 18.2 Å². The third-order valence-corrected chi connectivity index (χ3v) is 2.58. The average molecular weight is 218 g/mol. The Balaban J connectivity index is 2.02. The van der Waals surface area contributed by atoms with E-state index in [2.05, 4.69) is 22.2 Å².